The zero-order valence-electron chi connectivity index (χ0n) is 10.9. The molecule has 1 saturated heterocycles. The smallest absolute Gasteiger partial charge is 0.0917 e. The van der Waals surface area contributed by atoms with Crippen molar-refractivity contribution in [3.63, 3.8) is 0 Å². The summed E-state index contributed by atoms with van der Waals surface area (Å²) in [7, 11) is 0. The van der Waals surface area contributed by atoms with Crippen LogP contribution in [-0.4, -0.2) is 12.2 Å². The molecule has 0 radical (unpaired) electrons. The largest absolute Gasteiger partial charge is 0.370 e. The van der Waals surface area contributed by atoms with Gasteiger partial charge in [0.15, 0.2) is 0 Å². The Hall–Kier alpha value is -0.300. The summed E-state index contributed by atoms with van der Waals surface area (Å²) in [6.07, 6.45) is 9.26. The number of epoxide rings is 1. The molecule has 1 aliphatic heterocycles. The van der Waals surface area contributed by atoms with Gasteiger partial charge in [-0.1, -0.05) is 25.5 Å². The van der Waals surface area contributed by atoms with Gasteiger partial charge in [-0.15, -0.1) is 0 Å². The summed E-state index contributed by atoms with van der Waals surface area (Å²) < 4.78 is 5.68. The predicted molar refractivity (Wildman–Crippen MR) is 66.3 cm³/mol. The minimum absolute atomic E-state index is 0.242. The molecule has 16 heavy (non-hydrogen) atoms. The van der Waals surface area contributed by atoms with Crippen molar-refractivity contribution in [2.45, 2.75) is 58.5 Å². The number of hydrogen-bond donors (Lipinski definition) is 0. The van der Waals surface area contributed by atoms with Gasteiger partial charge in [0, 0.05) is 0 Å². The van der Waals surface area contributed by atoms with Crippen LogP contribution in [0.15, 0.2) is 11.6 Å². The van der Waals surface area contributed by atoms with Crippen molar-refractivity contribution < 1.29 is 4.74 Å². The van der Waals surface area contributed by atoms with Crippen LogP contribution in [0.4, 0.5) is 0 Å². The summed E-state index contributed by atoms with van der Waals surface area (Å²) in [5.41, 5.74) is 2.48. The highest BCUT2D eigenvalue weighted by molar-refractivity contribution is 5.22. The van der Waals surface area contributed by atoms with Gasteiger partial charge in [-0.25, -0.2) is 0 Å². The van der Waals surface area contributed by atoms with E-state index < -0.39 is 0 Å². The van der Waals surface area contributed by atoms with Crippen LogP contribution in [-0.2, 0) is 4.74 Å². The summed E-state index contributed by atoms with van der Waals surface area (Å²) >= 11 is 0. The fraction of sp³-hybridized carbons (Fsp3) is 0.867. The number of ether oxygens (including phenoxy) is 1. The third-order valence-electron chi connectivity index (χ3n) is 5.71. The van der Waals surface area contributed by atoms with Crippen molar-refractivity contribution in [2.24, 2.45) is 17.3 Å². The van der Waals surface area contributed by atoms with Crippen LogP contribution < -0.4 is 0 Å². The van der Waals surface area contributed by atoms with Gasteiger partial charge in [0.05, 0.1) is 12.2 Å². The summed E-state index contributed by atoms with van der Waals surface area (Å²) in [5.74, 6) is 1.66. The Labute approximate surface area is 99.3 Å². The van der Waals surface area contributed by atoms with Crippen LogP contribution in [0.2, 0.25) is 0 Å². The molecule has 4 atom stereocenters. The Morgan fingerprint density at radius 2 is 2.06 bits per heavy atom. The number of fused-ring (bicyclic) bond motifs is 1. The molecular weight excluding hydrogens is 196 g/mol. The summed E-state index contributed by atoms with van der Waals surface area (Å²) in [4.78, 5) is 0. The van der Waals surface area contributed by atoms with Crippen LogP contribution in [0, 0.1) is 17.3 Å². The normalized spacial score (nSPS) is 51.8. The van der Waals surface area contributed by atoms with Crippen molar-refractivity contribution in [3.05, 3.63) is 11.6 Å². The van der Waals surface area contributed by atoms with Crippen molar-refractivity contribution in [1.82, 2.24) is 0 Å². The third kappa shape index (κ3) is 1.48. The highest BCUT2D eigenvalue weighted by Crippen LogP contribution is 2.56. The predicted octanol–water partition coefficient (Wildman–Crippen LogP) is 3.94. The van der Waals surface area contributed by atoms with Gasteiger partial charge in [0.2, 0.25) is 0 Å². The summed E-state index contributed by atoms with van der Waals surface area (Å²) in [6, 6.07) is 0. The van der Waals surface area contributed by atoms with Crippen molar-refractivity contribution in [3.8, 4) is 0 Å². The standard InChI is InChI=1S/C15H24O/c1-11-5-4-6-12-7-8-13(9-14(11,12)2)15(3)10-16-15/h6,11,13H,4-5,7-10H2,1-3H3/t11-,13-,14+,15?/m1/s1. The molecule has 1 unspecified atom stereocenters. The molecule has 0 spiro atoms. The quantitative estimate of drug-likeness (QED) is 0.481. The zero-order valence-corrected chi connectivity index (χ0v) is 10.9. The molecule has 1 nitrogen and oxygen atoms in total. The molecule has 0 aromatic rings. The lowest BCUT2D eigenvalue weighted by Crippen LogP contribution is -2.40. The molecule has 90 valence electrons. The van der Waals surface area contributed by atoms with Crippen LogP contribution in [0.3, 0.4) is 0 Å². The summed E-state index contributed by atoms with van der Waals surface area (Å²) in [6.45, 7) is 8.26. The van der Waals surface area contributed by atoms with Gasteiger partial charge in [-0.2, -0.15) is 0 Å². The Morgan fingerprint density at radius 3 is 2.75 bits per heavy atom. The molecule has 0 amide bonds. The molecule has 1 saturated carbocycles. The average Bonchev–Trinajstić information content (AvgIpc) is 2.99. The first-order chi connectivity index (χ1) is 7.55. The lowest BCUT2D eigenvalue weighted by Gasteiger charge is -2.48. The van der Waals surface area contributed by atoms with E-state index in [2.05, 4.69) is 26.8 Å². The molecule has 1 heterocycles. The zero-order chi connectivity index (χ0) is 11.4. The van der Waals surface area contributed by atoms with E-state index in [1.54, 1.807) is 5.57 Å². The second-order valence-electron chi connectivity index (χ2n) is 6.67. The van der Waals surface area contributed by atoms with E-state index in [9.17, 15) is 0 Å². The third-order valence-corrected chi connectivity index (χ3v) is 5.71. The molecule has 0 aromatic carbocycles. The van der Waals surface area contributed by atoms with E-state index in [-0.39, 0.29) is 5.60 Å². The topological polar surface area (TPSA) is 12.5 Å². The Bertz CT molecular complexity index is 326. The van der Waals surface area contributed by atoms with Crippen molar-refractivity contribution >= 4 is 0 Å². The highest BCUT2D eigenvalue weighted by Gasteiger charge is 2.52. The minimum Gasteiger partial charge on any atom is -0.370 e. The number of allylic oxidation sites excluding steroid dienone is 2. The van der Waals surface area contributed by atoms with Gasteiger partial charge in [0.1, 0.15) is 0 Å². The molecule has 1 heteroatoms. The van der Waals surface area contributed by atoms with Gasteiger partial charge in [-0.05, 0) is 56.3 Å². The number of rotatable bonds is 1. The molecular formula is C15H24O. The maximum Gasteiger partial charge on any atom is 0.0917 e. The SMILES string of the molecule is C[C@@H]1CCC=C2CC[C@@H](C3(C)CO3)C[C@]21C. The maximum absolute atomic E-state index is 5.68. The van der Waals surface area contributed by atoms with E-state index in [0.717, 1.165) is 18.4 Å². The van der Waals surface area contributed by atoms with Gasteiger partial charge < -0.3 is 4.74 Å². The van der Waals surface area contributed by atoms with Crippen LogP contribution in [0.25, 0.3) is 0 Å². The highest BCUT2D eigenvalue weighted by atomic mass is 16.6. The lowest BCUT2D eigenvalue weighted by molar-refractivity contribution is 0.0930. The Balaban J connectivity index is 1.85. The first kappa shape index (κ1) is 10.8. The minimum atomic E-state index is 0.242. The summed E-state index contributed by atoms with van der Waals surface area (Å²) in [5, 5.41) is 0. The van der Waals surface area contributed by atoms with E-state index in [1.807, 2.05) is 0 Å². The molecule has 3 rings (SSSR count). The molecule has 0 aromatic heterocycles. The second-order valence-corrected chi connectivity index (χ2v) is 6.67. The molecule has 0 bridgehead atoms. The Kier molecular flexibility index (Phi) is 2.27. The fourth-order valence-electron chi connectivity index (χ4n) is 3.91. The van der Waals surface area contributed by atoms with Crippen molar-refractivity contribution in [2.75, 3.05) is 6.61 Å². The van der Waals surface area contributed by atoms with E-state index in [4.69, 9.17) is 4.74 Å². The van der Waals surface area contributed by atoms with Gasteiger partial charge >= 0.3 is 0 Å². The fourth-order valence-corrected chi connectivity index (χ4v) is 3.91. The van der Waals surface area contributed by atoms with E-state index >= 15 is 0 Å². The van der Waals surface area contributed by atoms with Crippen molar-refractivity contribution in [1.29, 1.82) is 0 Å². The van der Waals surface area contributed by atoms with Crippen LogP contribution >= 0.6 is 0 Å². The molecule has 3 aliphatic rings. The van der Waals surface area contributed by atoms with E-state index in [0.29, 0.717) is 5.41 Å². The number of hydrogen-bond acceptors (Lipinski definition) is 1. The van der Waals surface area contributed by atoms with Gasteiger partial charge in [-0.3, -0.25) is 0 Å². The van der Waals surface area contributed by atoms with Crippen LogP contribution in [0.1, 0.15) is 52.9 Å². The lowest BCUT2D eigenvalue weighted by atomic mass is 9.57. The molecule has 0 N–H and O–H groups in total. The first-order valence-electron chi connectivity index (χ1n) is 6.88. The Morgan fingerprint density at radius 1 is 1.31 bits per heavy atom. The first-order valence-corrected chi connectivity index (χ1v) is 6.88. The monoisotopic (exact) mass is 220 g/mol. The average molecular weight is 220 g/mol. The second kappa shape index (κ2) is 3.35. The van der Waals surface area contributed by atoms with Gasteiger partial charge in [0.25, 0.3) is 0 Å². The van der Waals surface area contributed by atoms with Crippen LogP contribution in [0.5, 0.6) is 0 Å². The molecule has 2 fully saturated rings. The van der Waals surface area contributed by atoms with E-state index in [1.165, 1.54) is 32.1 Å². The maximum atomic E-state index is 5.68. The molecule has 2 aliphatic carbocycles.